The Morgan fingerprint density at radius 2 is 2.12 bits per heavy atom. The van der Waals surface area contributed by atoms with Gasteiger partial charge in [-0.15, -0.1) is 0 Å². The molecule has 0 bridgehead atoms. The quantitative estimate of drug-likeness (QED) is 0.797. The molecule has 0 saturated heterocycles. The minimum atomic E-state index is -0.329. The van der Waals surface area contributed by atoms with Crippen molar-refractivity contribution in [2.75, 3.05) is 6.61 Å². The number of carbonyl (C=O) groups is 1. The fraction of sp³-hybridized carbons (Fsp3) is 0.167. The number of benzene rings is 1. The van der Waals surface area contributed by atoms with Crippen molar-refractivity contribution in [3.8, 4) is 11.3 Å². The average Bonchev–Trinajstić information content (AvgIpc) is 2.80. The summed E-state index contributed by atoms with van der Waals surface area (Å²) in [4.78, 5) is 12.0. The Morgan fingerprint density at radius 1 is 1.41 bits per heavy atom. The van der Waals surface area contributed by atoms with E-state index < -0.39 is 0 Å². The van der Waals surface area contributed by atoms with E-state index >= 15 is 0 Å². The van der Waals surface area contributed by atoms with Gasteiger partial charge in [-0.3, -0.25) is 0 Å². The zero-order valence-corrected chi connectivity index (χ0v) is 10.7. The molecule has 1 aromatic carbocycles. The van der Waals surface area contributed by atoms with Crippen LogP contribution in [0.4, 0.5) is 0 Å². The van der Waals surface area contributed by atoms with E-state index in [-0.39, 0.29) is 5.97 Å². The van der Waals surface area contributed by atoms with Crippen molar-refractivity contribution in [1.82, 2.24) is 4.37 Å². The molecule has 0 saturated carbocycles. The van der Waals surface area contributed by atoms with Crippen molar-refractivity contribution in [1.29, 1.82) is 0 Å². The number of aromatic nitrogens is 1. The number of esters is 1. The third kappa shape index (κ3) is 2.84. The molecule has 0 unspecified atom stereocenters. The zero-order chi connectivity index (χ0) is 12.3. The third-order valence-corrected chi connectivity index (χ3v) is 3.15. The predicted octanol–water partition coefficient (Wildman–Crippen LogP) is 3.64. The monoisotopic (exact) mass is 267 g/mol. The average molecular weight is 268 g/mol. The van der Waals surface area contributed by atoms with Crippen LogP contribution in [0.3, 0.4) is 0 Å². The van der Waals surface area contributed by atoms with Crippen LogP contribution in [0.25, 0.3) is 11.3 Å². The van der Waals surface area contributed by atoms with Crippen molar-refractivity contribution in [3.05, 3.63) is 40.2 Å². The molecule has 5 heteroatoms. The Morgan fingerprint density at radius 3 is 2.76 bits per heavy atom. The summed E-state index contributed by atoms with van der Waals surface area (Å²) in [5.41, 5.74) is 1.69. The van der Waals surface area contributed by atoms with Gasteiger partial charge >= 0.3 is 5.97 Å². The maximum Gasteiger partial charge on any atom is 0.349 e. The second kappa shape index (κ2) is 5.29. The van der Waals surface area contributed by atoms with Gasteiger partial charge in [-0.1, -0.05) is 23.7 Å². The number of hydrogen-bond donors (Lipinski definition) is 0. The Kier molecular flexibility index (Phi) is 3.76. The molecule has 0 spiro atoms. The van der Waals surface area contributed by atoms with Gasteiger partial charge in [0.2, 0.25) is 0 Å². The smallest absolute Gasteiger partial charge is 0.349 e. The first-order valence-corrected chi connectivity index (χ1v) is 6.25. The number of hydrogen-bond acceptors (Lipinski definition) is 4. The summed E-state index contributed by atoms with van der Waals surface area (Å²) in [5.74, 6) is -0.329. The SMILES string of the molecule is CCOC(=O)c1cc(-c2ccc(Cl)cc2)ns1. The molecule has 88 valence electrons. The summed E-state index contributed by atoms with van der Waals surface area (Å²) in [6.07, 6.45) is 0. The molecular formula is C12H10ClNO2S. The normalized spacial score (nSPS) is 10.2. The van der Waals surface area contributed by atoms with E-state index in [1.807, 2.05) is 12.1 Å². The van der Waals surface area contributed by atoms with Gasteiger partial charge in [-0.2, -0.15) is 4.37 Å². The molecule has 1 aromatic heterocycles. The van der Waals surface area contributed by atoms with Gasteiger partial charge < -0.3 is 4.74 Å². The van der Waals surface area contributed by atoms with Gasteiger partial charge in [0.1, 0.15) is 4.88 Å². The van der Waals surface area contributed by atoms with E-state index in [1.54, 1.807) is 25.1 Å². The molecule has 0 radical (unpaired) electrons. The molecule has 0 amide bonds. The van der Waals surface area contributed by atoms with Crippen molar-refractivity contribution in [2.45, 2.75) is 6.92 Å². The van der Waals surface area contributed by atoms with Crippen molar-refractivity contribution >= 4 is 29.1 Å². The zero-order valence-electron chi connectivity index (χ0n) is 9.14. The fourth-order valence-corrected chi connectivity index (χ4v) is 2.11. The first-order valence-electron chi connectivity index (χ1n) is 5.10. The van der Waals surface area contributed by atoms with E-state index in [4.69, 9.17) is 16.3 Å². The number of rotatable bonds is 3. The molecule has 1 heterocycles. The molecule has 17 heavy (non-hydrogen) atoms. The molecule has 0 atom stereocenters. The number of nitrogens with zero attached hydrogens (tertiary/aromatic N) is 1. The van der Waals surface area contributed by atoms with Crippen LogP contribution in [0.15, 0.2) is 30.3 Å². The van der Waals surface area contributed by atoms with Gasteiger partial charge in [0.05, 0.1) is 12.3 Å². The van der Waals surface area contributed by atoms with E-state index in [0.29, 0.717) is 16.5 Å². The van der Waals surface area contributed by atoms with Gasteiger partial charge in [0, 0.05) is 10.6 Å². The highest BCUT2D eigenvalue weighted by atomic mass is 35.5. The van der Waals surface area contributed by atoms with Crippen molar-refractivity contribution in [3.63, 3.8) is 0 Å². The fourth-order valence-electron chi connectivity index (χ4n) is 1.33. The second-order valence-electron chi connectivity index (χ2n) is 3.30. The maximum atomic E-state index is 11.5. The van der Waals surface area contributed by atoms with E-state index in [1.165, 1.54) is 0 Å². The van der Waals surface area contributed by atoms with Crippen LogP contribution < -0.4 is 0 Å². The van der Waals surface area contributed by atoms with Crippen LogP contribution in [-0.4, -0.2) is 16.9 Å². The number of halogens is 1. The Labute approximate surface area is 108 Å². The lowest BCUT2D eigenvalue weighted by atomic mass is 10.1. The summed E-state index contributed by atoms with van der Waals surface area (Å²) in [5, 5.41) is 0.676. The lowest BCUT2D eigenvalue weighted by Crippen LogP contribution is -2.01. The summed E-state index contributed by atoms with van der Waals surface area (Å²) >= 11 is 6.94. The van der Waals surface area contributed by atoms with Crippen LogP contribution in [0, 0.1) is 0 Å². The maximum absolute atomic E-state index is 11.5. The second-order valence-corrected chi connectivity index (χ2v) is 4.55. The highest BCUT2D eigenvalue weighted by molar-refractivity contribution is 7.08. The molecule has 2 rings (SSSR count). The predicted molar refractivity (Wildman–Crippen MR) is 68.5 cm³/mol. The highest BCUT2D eigenvalue weighted by Gasteiger charge is 2.12. The van der Waals surface area contributed by atoms with Crippen molar-refractivity contribution < 1.29 is 9.53 Å². The number of ether oxygens (including phenoxy) is 1. The Bertz CT molecular complexity index is 522. The molecule has 0 aliphatic carbocycles. The summed E-state index contributed by atoms with van der Waals surface area (Å²) in [7, 11) is 0. The van der Waals surface area contributed by atoms with Gasteiger partial charge in [0.25, 0.3) is 0 Å². The topological polar surface area (TPSA) is 39.2 Å². The first-order chi connectivity index (χ1) is 8.20. The molecule has 2 aromatic rings. The van der Waals surface area contributed by atoms with Gasteiger partial charge in [-0.25, -0.2) is 4.79 Å². The van der Waals surface area contributed by atoms with Crippen LogP contribution in [0.1, 0.15) is 16.6 Å². The largest absolute Gasteiger partial charge is 0.462 e. The number of carbonyl (C=O) groups excluding carboxylic acids is 1. The Balaban J connectivity index is 2.23. The molecule has 0 N–H and O–H groups in total. The molecule has 0 aliphatic rings. The minimum Gasteiger partial charge on any atom is -0.462 e. The Hall–Kier alpha value is -1.39. The van der Waals surface area contributed by atoms with Crippen molar-refractivity contribution in [2.24, 2.45) is 0 Å². The van der Waals surface area contributed by atoms with E-state index in [9.17, 15) is 4.79 Å². The standard InChI is InChI=1S/C12H10ClNO2S/c1-2-16-12(15)11-7-10(14-17-11)8-3-5-9(13)6-4-8/h3-7H,2H2,1H3. The van der Waals surface area contributed by atoms with Gasteiger partial charge in [-0.05, 0) is 36.7 Å². The van der Waals surface area contributed by atoms with Crippen LogP contribution in [0.5, 0.6) is 0 Å². The lowest BCUT2D eigenvalue weighted by molar-refractivity contribution is 0.0532. The lowest BCUT2D eigenvalue weighted by Gasteiger charge is -1.96. The van der Waals surface area contributed by atoms with Crippen LogP contribution in [0.2, 0.25) is 5.02 Å². The minimum absolute atomic E-state index is 0.329. The van der Waals surface area contributed by atoms with E-state index in [2.05, 4.69) is 4.37 Å². The van der Waals surface area contributed by atoms with Crippen LogP contribution in [-0.2, 0) is 4.74 Å². The van der Waals surface area contributed by atoms with Crippen LogP contribution >= 0.6 is 23.1 Å². The van der Waals surface area contributed by atoms with Gasteiger partial charge in [0.15, 0.2) is 0 Å². The first kappa shape index (κ1) is 12.1. The highest BCUT2D eigenvalue weighted by Crippen LogP contribution is 2.23. The molecular weight excluding hydrogens is 258 g/mol. The third-order valence-electron chi connectivity index (χ3n) is 2.13. The summed E-state index contributed by atoms with van der Waals surface area (Å²) < 4.78 is 9.12. The summed E-state index contributed by atoms with van der Waals surface area (Å²) in [6.45, 7) is 2.14. The molecule has 0 fully saturated rings. The molecule has 0 aliphatic heterocycles. The summed E-state index contributed by atoms with van der Waals surface area (Å²) in [6, 6.07) is 9.05. The van der Waals surface area contributed by atoms with E-state index in [0.717, 1.165) is 22.8 Å². The molecule has 3 nitrogen and oxygen atoms in total.